The molecule has 18 heavy (non-hydrogen) atoms. The van der Waals surface area contributed by atoms with Crippen LogP contribution in [0.15, 0.2) is 24.4 Å². The van der Waals surface area contributed by atoms with Crippen LogP contribution < -0.4 is 4.74 Å². The number of hydrogen-bond acceptors (Lipinski definition) is 3. The van der Waals surface area contributed by atoms with Crippen LogP contribution in [0.5, 0.6) is 5.75 Å². The Labute approximate surface area is 108 Å². The second-order valence-electron chi connectivity index (χ2n) is 3.64. The normalized spacial score (nSPS) is 10.4. The first-order valence-electron chi connectivity index (χ1n) is 5.10. The Morgan fingerprint density at radius 3 is 2.72 bits per heavy atom. The summed E-state index contributed by atoms with van der Waals surface area (Å²) in [5.41, 5.74) is 0.0852. The molecule has 0 atom stereocenters. The van der Waals surface area contributed by atoms with Gasteiger partial charge in [-0.3, -0.25) is 9.48 Å². The fourth-order valence-corrected chi connectivity index (χ4v) is 1.85. The largest absolute Gasteiger partial charge is 0.497 e. The molecule has 0 saturated heterocycles. The highest BCUT2D eigenvalue weighted by molar-refractivity contribution is 6.34. The molecule has 4 nitrogen and oxygen atoms in total. The SMILES string of the molecule is COc1ccc(C(=O)c2c(Cl)cnn2C)c(F)c1. The Hall–Kier alpha value is -1.88. The number of rotatable bonds is 3. The molecular weight excluding hydrogens is 259 g/mol. The van der Waals surface area contributed by atoms with Gasteiger partial charge in [0, 0.05) is 13.1 Å². The lowest BCUT2D eigenvalue weighted by atomic mass is 10.1. The van der Waals surface area contributed by atoms with Gasteiger partial charge in [0.2, 0.25) is 5.78 Å². The van der Waals surface area contributed by atoms with E-state index in [2.05, 4.69) is 5.10 Å². The van der Waals surface area contributed by atoms with E-state index in [1.54, 1.807) is 7.05 Å². The molecule has 0 spiro atoms. The number of aromatic nitrogens is 2. The number of ether oxygens (including phenoxy) is 1. The van der Waals surface area contributed by atoms with Crippen molar-refractivity contribution in [3.05, 3.63) is 46.5 Å². The van der Waals surface area contributed by atoms with Crippen LogP contribution in [-0.4, -0.2) is 22.7 Å². The molecule has 1 heterocycles. The highest BCUT2D eigenvalue weighted by Gasteiger charge is 2.20. The van der Waals surface area contributed by atoms with Crippen LogP contribution in [0.25, 0.3) is 0 Å². The smallest absolute Gasteiger partial charge is 0.215 e. The van der Waals surface area contributed by atoms with Gasteiger partial charge in [-0.25, -0.2) is 4.39 Å². The fraction of sp³-hybridized carbons (Fsp3) is 0.167. The van der Waals surface area contributed by atoms with Crippen molar-refractivity contribution in [2.75, 3.05) is 7.11 Å². The van der Waals surface area contributed by atoms with Gasteiger partial charge < -0.3 is 4.74 Å². The number of methoxy groups -OCH3 is 1. The molecule has 0 N–H and O–H groups in total. The van der Waals surface area contributed by atoms with E-state index in [9.17, 15) is 9.18 Å². The molecular formula is C12H10ClFN2O2. The average molecular weight is 269 g/mol. The van der Waals surface area contributed by atoms with Crippen LogP contribution in [0.1, 0.15) is 16.1 Å². The number of carbonyl (C=O) groups is 1. The van der Waals surface area contributed by atoms with Crippen molar-refractivity contribution in [1.82, 2.24) is 9.78 Å². The summed E-state index contributed by atoms with van der Waals surface area (Å²) >= 11 is 5.85. The second-order valence-corrected chi connectivity index (χ2v) is 4.05. The number of nitrogens with zero attached hydrogens (tertiary/aromatic N) is 2. The maximum Gasteiger partial charge on any atom is 0.215 e. The number of hydrogen-bond donors (Lipinski definition) is 0. The summed E-state index contributed by atoms with van der Waals surface area (Å²) in [4.78, 5) is 12.1. The minimum absolute atomic E-state index is 0.0682. The van der Waals surface area contributed by atoms with E-state index in [1.165, 1.54) is 30.1 Å². The Kier molecular flexibility index (Phi) is 3.34. The van der Waals surface area contributed by atoms with Crippen LogP contribution in [-0.2, 0) is 7.05 Å². The summed E-state index contributed by atoms with van der Waals surface area (Å²) in [7, 11) is 2.99. The standard InChI is InChI=1S/C12H10ClFN2O2/c1-16-11(9(13)6-15-16)12(17)8-4-3-7(18-2)5-10(8)14/h3-6H,1-2H3. The summed E-state index contributed by atoms with van der Waals surface area (Å²) < 4.78 is 20.0. The van der Waals surface area contributed by atoms with Gasteiger partial charge in [0.15, 0.2) is 0 Å². The summed E-state index contributed by atoms with van der Waals surface area (Å²) in [5, 5.41) is 4.04. The second kappa shape index (κ2) is 4.78. The zero-order valence-corrected chi connectivity index (χ0v) is 10.5. The number of halogens is 2. The lowest BCUT2D eigenvalue weighted by Gasteiger charge is -2.05. The van der Waals surface area contributed by atoms with Crippen LogP contribution in [0.2, 0.25) is 5.02 Å². The van der Waals surface area contributed by atoms with Crippen LogP contribution in [0.4, 0.5) is 4.39 Å². The minimum Gasteiger partial charge on any atom is -0.497 e. The molecule has 0 amide bonds. The van der Waals surface area contributed by atoms with E-state index < -0.39 is 11.6 Å². The fourth-order valence-electron chi connectivity index (χ4n) is 1.60. The van der Waals surface area contributed by atoms with Gasteiger partial charge in [-0.1, -0.05) is 11.6 Å². The van der Waals surface area contributed by atoms with E-state index in [0.717, 1.165) is 6.07 Å². The van der Waals surface area contributed by atoms with Crippen molar-refractivity contribution in [3.8, 4) is 5.75 Å². The first-order chi connectivity index (χ1) is 8.54. The number of aryl methyl sites for hydroxylation is 1. The Morgan fingerprint density at radius 2 is 2.22 bits per heavy atom. The third-order valence-electron chi connectivity index (χ3n) is 2.53. The first-order valence-corrected chi connectivity index (χ1v) is 5.48. The lowest BCUT2D eigenvalue weighted by molar-refractivity contribution is 0.102. The molecule has 94 valence electrons. The Morgan fingerprint density at radius 1 is 1.50 bits per heavy atom. The topological polar surface area (TPSA) is 44.1 Å². The molecule has 1 aromatic heterocycles. The quantitative estimate of drug-likeness (QED) is 0.803. The molecule has 6 heteroatoms. The molecule has 2 rings (SSSR count). The predicted molar refractivity (Wildman–Crippen MR) is 64.6 cm³/mol. The number of carbonyl (C=O) groups excluding carboxylic acids is 1. The molecule has 1 aromatic carbocycles. The molecule has 0 aliphatic rings. The molecule has 0 saturated carbocycles. The predicted octanol–water partition coefficient (Wildman–Crippen LogP) is 2.45. The molecule has 0 aliphatic heterocycles. The summed E-state index contributed by atoms with van der Waals surface area (Å²) in [6, 6.07) is 4.03. The van der Waals surface area contributed by atoms with Gasteiger partial charge in [0.25, 0.3) is 0 Å². The van der Waals surface area contributed by atoms with Crippen molar-refractivity contribution in [1.29, 1.82) is 0 Å². The lowest BCUT2D eigenvalue weighted by Crippen LogP contribution is -2.10. The van der Waals surface area contributed by atoms with Crippen LogP contribution >= 0.6 is 11.6 Å². The monoisotopic (exact) mass is 268 g/mol. The van der Waals surface area contributed by atoms with Crippen LogP contribution in [0.3, 0.4) is 0 Å². The van der Waals surface area contributed by atoms with E-state index in [-0.39, 0.29) is 16.3 Å². The third kappa shape index (κ3) is 2.09. The van der Waals surface area contributed by atoms with E-state index in [0.29, 0.717) is 5.75 Å². The van der Waals surface area contributed by atoms with Crippen molar-refractivity contribution >= 4 is 17.4 Å². The Bertz CT molecular complexity index is 591. The van der Waals surface area contributed by atoms with Crippen molar-refractivity contribution in [3.63, 3.8) is 0 Å². The van der Waals surface area contributed by atoms with Crippen molar-refractivity contribution in [2.24, 2.45) is 7.05 Å². The van der Waals surface area contributed by atoms with Crippen molar-refractivity contribution < 1.29 is 13.9 Å². The highest BCUT2D eigenvalue weighted by Crippen LogP contribution is 2.22. The van der Waals surface area contributed by atoms with Crippen molar-refractivity contribution in [2.45, 2.75) is 0 Å². The Balaban J connectivity index is 2.47. The van der Waals surface area contributed by atoms with E-state index in [1.807, 2.05) is 0 Å². The van der Waals surface area contributed by atoms with Gasteiger partial charge in [-0.05, 0) is 12.1 Å². The molecule has 0 radical (unpaired) electrons. The molecule has 0 aliphatic carbocycles. The maximum atomic E-state index is 13.8. The highest BCUT2D eigenvalue weighted by atomic mass is 35.5. The third-order valence-corrected chi connectivity index (χ3v) is 2.81. The van der Waals surface area contributed by atoms with Gasteiger partial charge in [-0.15, -0.1) is 0 Å². The van der Waals surface area contributed by atoms with Crippen LogP contribution in [0, 0.1) is 5.82 Å². The van der Waals surface area contributed by atoms with Gasteiger partial charge in [-0.2, -0.15) is 5.10 Å². The summed E-state index contributed by atoms with van der Waals surface area (Å²) in [6.07, 6.45) is 1.34. The number of benzene rings is 1. The van der Waals surface area contributed by atoms with E-state index >= 15 is 0 Å². The minimum atomic E-state index is -0.656. The number of ketones is 1. The zero-order valence-electron chi connectivity index (χ0n) is 9.78. The van der Waals surface area contributed by atoms with Gasteiger partial charge >= 0.3 is 0 Å². The zero-order chi connectivity index (χ0) is 13.3. The average Bonchev–Trinajstić information content (AvgIpc) is 2.68. The molecule has 0 fully saturated rings. The molecule has 0 unspecified atom stereocenters. The molecule has 0 bridgehead atoms. The molecule has 2 aromatic rings. The summed E-state index contributed by atoms with van der Waals surface area (Å²) in [5.74, 6) is -0.822. The maximum absolute atomic E-state index is 13.8. The van der Waals surface area contributed by atoms with Gasteiger partial charge in [0.1, 0.15) is 17.3 Å². The van der Waals surface area contributed by atoms with Gasteiger partial charge in [0.05, 0.1) is 23.9 Å². The van der Waals surface area contributed by atoms with E-state index in [4.69, 9.17) is 16.3 Å². The first kappa shape index (κ1) is 12.6. The summed E-state index contributed by atoms with van der Waals surface area (Å²) in [6.45, 7) is 0.